The molecule has 0 spiro atoms. The topological polar surface area (TPSA) is 95.9 Å². The van der Waals surface area contributed by atoms with Gasteiger partial charge >= 0.3 is 12.1 Å². The number of hydrogen-bond acceptors (Lipinski definition) is 4. The molecule has 2 fully saturated rings. The van der Waals surface area contributed by atoms with E-state index in [9.17, 15) is 19.5 Å². The van der Waals surface area contributed by atoms with E-state index in [4.69, 9.17) is 4.74 Å². The van der Waals surface area contributed by atoms with Crippen LogP contribution in [0.15, 0.2) is 48.5 Å². The zero-order chi connectivity index (χ0) is 24.6. The molecule has 2 amide bonds. The van der Waals surface area contributed by atoms with Crippen molar-refractivity contribution in [2.24, 2.45) is 11.3 Å². The van der Waals surface area contributed by atoms with Gasteiger partial charge in [-0.15, -0.1) is 0 Å². The summed E-state index contributed by atoms with van der Waals surface area (Å²) in [5.41, 5.74) is 3.81. The maximum absolute atomic E-state index is 13.3. The molecule has 5 rings (SSSR count). The van der Waals surface area contributed by atoms with Crippen molar-refractivity contribution in [3.63, 3.8) is 0 Å². The predicted octanol–water partition coefficient (Wildman–Crippen LogP) is 4.41. The molecule has 2 N–H and O–H groups in total. The van der Waals surface area contributed by atoms with Crippen molar-refractivity contribution in [3.05, 3.63) is 59.7 Å². The van der Waals surface area contributed by atoms with E-state index < -0.39 is 23.5 Å². The van der Waals surface area contributed by atoms with Gasteiger partial charge in [0.05, 0.1) is 5.41 Å². The van der Waals surface area contributed by atoms with E-state index in [2.05, 4.69) is 29.6 Å². The Morgan fingerprint density at radius 2 is 1.60 bits per heavy atom. The second-order valence-electron chi connectivity index (χ2n) is 10.4. The molecule has 7 heteroatoms. The van der Waals surface area contributed by atoms with E-state index >= 15 is 0 Å². The minimum atomic E-state index is -0.823. The summed E-state index contributed by atoms with van der Waals surface area (Å²) in [5, 5.41) is 12.3. The van der Waals surface area contributed by atoms with Gasteiger partial charge in [0.15, 0.2) is 0 Å². The predicted molar refractivity (Wildman–Crippen MR) is 131 cm³/mol. The standard InChI is InChI=1S/C28H32N2O5/c1-28(26(32)33)12-14-30(15-13-28)25(31)24(16-18-10-11-18)29-27(34)35-17-23-21-8-4-2-6-19(21)20-7-3-5-9-22(20)23/h2-9,18,23-24H,10-17H2,1H3,(H,29,34)(H,32,33). The van der Waals surface area contributed by atoms with Crippen molar-refractivity contribution in [1.82, 2.24) is 10.2 Å². The summed E-state index contributed by atoms with van der Waals surface area (Å²) in [6, 6.07) is 15.7. The number of ether oxygens (including phenoxy) is 1. The Morgan fingerprint density at radius 3 is 2.14 bits per heavy atom. The quantitative estimate of drug-likeness (QED) is 0.617. The summed E-state index contributed by atoms with van der Waals surface area (Å²) in [7, 11) is 0. The van der Waals surface area contributed by atoms with Crippen LogP contribution < -0.4 is 5.32 Å². The van der Waals surface area contributed by atoms with E-state index in [0.717, 1.165) is 35.1 Å². The highest BCUT2D eigenvalue weighted by Gasteiger charge is 2.40. The monoisotopic (exact) mass is 476 g/mol. The molecule has 2 aromatic carbocycles. The molecular weight excluding hydrogens is 444 g/mol. The maximum atomic E-state index is 13.3. The van der Waals surface area contributed by atoms with Crippen LogP contribution in [0, 0.1) is 11.3 Å². The highest BCUT2D eigenvalue weighted by Crippen LogP contribution is 2.44. The van der Waals surface area contributed by atoms with Crippen LogP contribution in [0.25, 0.3) is 11.1 Å². The average Bonchev–Trinajstić information content (AvgIpc) is 3.63. The lowest BCUT2D eigenvalue weighted by atomic mass is 9.80. The molecule has 1 aliphatic heterocycles. The Labute approximate surface area is 205 Å². The molecule has 7 nitrogen and oxygen atoms in total. The summed E-state index contributed by atoms with van der Waals surface area (Å²) in [4.78, 5) is 39.3. The number of nitrogens with zero attached hydrogens (tertiary/aromatic N) is 1. The van der Waals surface area contributed by atoms with Crippen LogP contribution in [-0.4, -0.2) is 53.7 Å². The molecule has 1 unspecified atom stereocenters. The SMILES string of the molecule is CC1(C(=O)O)CCN(C(=O)C(CC2CC2)NC(=O)OCC2c3ccccc3-c3ccccc32)CC1. The average molecular weight is 477 g/mol. The highest BCUT2D eigenvalue weighted by molar-refractivity contribution is 5.86. The Bertz CT molecular complexity index is 1090. The number of piperidine rings is 1. The van der Waals surface area contributed by atoms with Crippen LogP contribution in [-0.2, 0) is 14.3 Å². The number of likely N-dealkylation sites (tertiary alicyclic amines) is 1. The van der Waals surface area contributed by atoms with Crippen LogP contribution in [0.5, 0.6) is 0 Å². The molecule has 0 aromatic heterocycles. The van der Waals surface area contributed by atoms with Crippen LogP contribution in [0.1, 0.15) is 56.1 Å². The first-order valence-corrected chi connectivity index (χ1v) is 12.5. The molecule has 3 aliphatic rings. The number of alkyl carbamates (subject to hydrolysis) is 1. The van der Waals surface area contributed by atoms with Crippen molar-refractivity contribution in [2.45, 2.75) is 51.0 Å². The molecule has 184 valence electrons. The first-order chi connectivity index (χ1) is 16.9. The third-order valence-corrected chi connectivity index (χ3v) is 7.89. The molecule has 35 heavy (non-hydrogen) atoms. The number of carboxylic acid groups (broad SMARTS) is 1. The number of benzene rings is 2. The van der Waals surface area contributed by atoms with Gasteiger partial charge in [0, 0.05) is 19.0 Å². The van der Waals surface area contributed by atoms with Crippen molar-refractivity contribution in [1.29, 1.82) is 0 Å². The van der Waals surface area contributed by atoms with Crippen LogP contribution >= 0.6 is 0 Å². The molecule has 1 saturated carbocycles. The number of amides is 2. The lowest BCUT2D eigenvalue weighted by molar-refractivity contribution is -0.153. The fourth-order valence-corrected chi connectivity index (χ4v) is 5.35. The number of aliphatic carboxylic acids is 1. The Hall–Kier alpha value is -3.35. The summed E-state index contributed by atoms with van der Waals surface area (Å²) in [6.45, 7) is 2.70. The summed E-state index contributed by atoms with van der Waals surface area (Å²) in [5.74, 6) is -0.567. The molecular formula is C28H32N2O5. The minimum absolute atomic E-state index is 0.0403. The molecule has 2 aromatic rings. The van der Waals surface area contributed by atoms with E-state index in [-0.39, 0.29) is 18.4 Å². The zero-order valence-electron chi connectivity index (χ0n) is 20.0. The number of rotatable bonds is 7. The van der Waals surface area contributed by atoms with Gasteiger partial charge < -0.3 is 20.1 Å². The molecule has 1 heterocycles. The largest absolute Gasteiger partial charge is 0.481 e. The second-order valence-corrected chi connectivity index (χ2v) is 10.4. The molecule has 2 aliphatic carbocycles. The molecule has 1 saturated heterocycles. The van der Waals surface area contributed by atoms with Gasteiger partial charge in [-0.25, -0.2) is 4.79 Å². The lowest BCUT2D eigenvalue weighted by Crippen LogP contribution is -2.53. The summed E-state index contributed by atoms with van der Waals surface area (Å²) in [6.07, 6.45) is 2.96. The smallest absolute Gasteiger partial charge is 0.407 e. The zero-order valence-corrected chi connectivity index (χ0v) is 20.0. The van der Waals surface area contributed by atoms with Crippen LogP contribution in [0.3, 0.4) is 0 Å². The third kappa shape index (κ3) is 4.77. The number of carbonyl (C=O) groups excluding carboxylic acids is 2. The van der Waals surface area contributed by atoms with E-state index in [1.807, 2.05) is 24.3 Å². The molecule has 1 atom stereocenters. The number of fused-ring (bicyclic) bond motifs is 3. The fourth-order valence-electron chi connectivity index (χ4n) is 5.35. The summed E-state index contributed by atoms with van der Waals surface area (Å²) >= 11 is 0. The number of carboxylic acids is 1. The van der Waals surface area contributed by atoms with E-state index in [0.29, 0.717) is 38.3 Å². The third-order valence-electron chi connectivity index (χ3n) is 7.89. The van der Waals surface area contributed by atoms with Crippen molar-refractivity contribution in [2.75, 3.05) is 19.7 Å². The summed E-state index contributed by atoms with van der Waals surface area (Å²) < 4.78 is 5.68. The Morgan fingerprint density at radius 1 is 1.03 bits per heavy atom. The van der Waals surface area contributed by atoms with Crippen molar-refractivity contribution < 1.29 is 24.2 Å². The Balaban J connectivity index is 1.22. The number of nitrogens with one attached hydrogen (secondary N) is 1. The van der Waals surface area contributed by atoms with Gasteiger partial charge in [-0.1, -0.05) is 61.4 Å². The number of hydrogen-bond donors (Lipinski definition) is 2. The Kier molecular flexibility index (Phi) is 6.26. The van der Waals surface area contributed by atoms with Gasteiger partial charge in [0.1, 0.15) is 12.6 Å². The molecule has 0 radical (unpaired) electrons. The highest BCUT2D eigenvalue weighted by atomic mass is 16.5. The normalized spacial score (nSPS) is 19.4. The van der Waals surface area contributed by atoms with Gasteiger partial charge in [-0.05, 0) is 54.4 Å². The lowest BCUT2D eigenvalue weighted by Gasteiger charge is -2.38. The first-order valence-electron chi connectivity index (χ1n) is 12.5. The van der Waals surface area contributed by atoms with Crippen LogP contribution in [0.2, 0.25) is 0 Å². The fraction of sp³-hybridized carbons (Fsp3) is 0.464. The van der Waals surface area contributed by atoms with E-state index in [1.165, 1.54) is 0 Å². The second kappa shape index (κ2) is 9.36. The van der Waals surface area contributed by atoms with Crippen LogP contribution in [0.4, 0.5) is 4.79 Å². The van der Waals surface area contributed by atoms with Gasteiger partial charge in [0.25, 0.3) is 0 Å². The van der Waals surface area contributed by atoms with Crippen molar-refractivity contribution >= 4 is 18.0 Å². The number of carbonyl (C=O) groups is 3. The molecule has 0 bridgehead atoms. The van der Waals surface area contributed by atoms with Gasteiger partial charge in [0.2, 0.25) is 5.91 Å². The first kappa shape index (κ1) is 23.4. The van der Waals surface area contributed by atoms with Gasteiger partial charge in [-0.3, -0.25) is 9.59 Å². The maximum Gasteiger partial charge on any atom is 0.407 e. The van der Waals surface area contributed by atoms with E-state index in [1.54, 1.807) is 11.8 Å². The minimum Gasteiger partial charge on any atom is -0.481 e. The van der Waals surface area contributed by atoms with Gasteiger partial charge in [-0.2, -0.15) is 0 Å². The van der Waals surface area contributed by atoms with Crippen molar-refractivity contribution in [3.8, 4) is 11.1 Å².